The number of carbonyl (C=O) groups is 1. The summed E-state index contributed by atoms with van der Waals surface area (Å²) < 4.78 is 0. The number of primary amides is 1. The summed E-state index contributed by atoms with van der Waals surface area (Å²) in [5.74, 6) is -0.985. The second kappa shape index (κ2) is 4.41. The second-order valence-corrected chi connectivity index (χ2v) is 2.69. The van der Waals surface area contributed by atoms with Crippen LogP contribution in [0.5, 0.6) is 0 Å². The van der Waals surface area contributed by atoms with E-state index in [4.69, 9.17) is 27.7 Å². The molecule has 0 saturated carbocycles. The van der Waals surface area contributed by atoms with Gasteiger partial charge in [0.1, 0.15) is 0 Å². The van der Waals surface area contributed by atoms with Crippen molar-refractivity contribution in [3.05, 3.63) is 0 Å². The summed E-state index contributed by atoms with van der Waals surface area (Å²) in [6.45, 7) is 0.0956. The van der Waals surface area contributed by atoms with Gasteiger partial charge in [0, 0.05) is 19.0 Å². The SMILES string of the molecule is N#CC(C#N)(CC(N)CN)C(N)=O. The van der Waals surface area contributed by atoms with Crippen LogP contribution >= 0.6 is 0 Å². The van der Waals surface area contributed by atoms with Gasteiger partial charge in [-0.15, -0.1) is 0 Å². The zero-order chi connectivity index (χ0) is 10.5. The van der Waals surface area contributed by atoms with E-state index in [1.807, 2.05) is 0 Å². The van der Waals surface area contributed by atoms with Crippen LogP contribution in [-0.2, 0) is 4.79 Å². The molecule has 1 unspecified atom stereocenters. The smallest absolute Gasteiger partial charge is 0.252 e. The van der Waals surface area contributed by atoms with Crippen molar-refractivity contribution in [3.8, 4) is 12.1 Å². The Kier molecular flexibility index (Phi) is 3.86. The van der Waals surface area contributed by atoms with E-state index in [0.717, 1.165) is 0 Å². The Morgan fingerprint density at radius 1 is 1.46 bits per heavy atom. The molecule has 0 aromatic heterocycles. The van der Waals surface area contributed by atoms with Gasteiger partial charge in [-0.2, -0.15) is 10.5 Å². The van der Waals surface area contributed by atoms with Gasteiger partial charge in [0.05, 0.1) is 12.1 Å². The van der Waals surface area contributed by atoms with Crippen molar-refractivity contribution in [3.63, 3.8) is 0 Å². The quantitative estimate of drug-likeness (QED) is 0.468. The number of nitriles is 2. The number of hydrogen-bond acceptors (Lipinski definition) is 5. The highest BCUT2D eigenvalue weighted by Crippen LogP contribution is 2.20. The second-order valence-electron chi connectivity index (χ2n) is 2.69. The van der Waals surface area contributed by atoms with Gasteiger partial charge in [-0.1, -0.05) is 0 Å². The van der Waals surface area contributed by atoms with Gasteiger partial charge in [-0.25, -0.2) is 0 Å². The Morgan fingerprint density at radius 2 is 1.92 bits per heavy atom. The summed E-state index contributed by atoms with van der Waals surface area (Å²) in [7, 11) is 0. The van der Waals surface area contributed by atoms with Crippen molar-refractivity contribution in [2.45, 2.75) is 12.5 Å². The van der Waals surface area contributed by atoms with Crippen LogP contribution in [0.4, 0.5) is 0 Å². The van der Waals surface area contributed by atoms with Crippen LogP contribution in [0, 0.1) is 28.1 Å². The van der Waals surface area contributed by atoms with E-state index in [9.17, 15) is 4.79 Å². The van der Waals surface area contributed by atoms with E-state index >= 15 is 0 Å². The van der Waals surface area contributed by atoms with Crippen molar-refractivity contribution in [2.75, 3.05) is 6.54 Å². The molecule has 0 radical (unpaired) electrons. The van der Waals surface area contributed by atoms with Gasteiger partial charge in [-0.3, -0.25) is 4.79 Å². The number of nitrogens with two attached hydrogens (primary N) is 3. The van der Waals surface area contributed by atoms with E-state index < -0.39 is 17.4 Å². The Bertz CT molecular complexity index is 260. The molecular weight excluding hydrogens is 170 g/mol. The summed E-state index contributed by atoms with van der Waals surface area (Å²) >= 11 is 0. The molecule has 0 bridgehead atoms. The van der Waals surface area contributed by atoms with E-state index in [1.165, 1.54) is 0 Å². The Morgan fingerprint density at radius 3 is 2.15 bits per heavy atom. The molecule has 6 heteroatoms. The molecule has 6 N–H and O–H groups in total. The zero-order valence-electron chi connectivity index (χ0n) is 7.03. The lowest BCUT2D eigenvalue weighted by Gasteiger charge is -2.17. The highest BCUT2D eigenvalue weighted by atomic mass is 16.1. The predicted molar refractivity (Wildman–Crippen MR) is 44.5 cm³/mol. The molecule has 1 atom stereocenters. The summed E-state index contributed by atoms with van der Waals surface area (Å²) in [4.78, 5) is 10.8. The topological polar surface area (TPSA) is 143 Å². The van der Waals surface area contributed by atoms with E-state index in [1.54, 1.807) is 12.1 Å². The molecule has 0 aliphatic carbocycles. The van der Waals surface area contributed by atoms with Gasteiger partial charge in [0.2, 0.25) is 5.41 Å². The monoisotopic (exact) mass is 181 g/mol. The molecule has 0 aliphatic heterocycles. The number of hydrogen-bond donors (Lipinski definition) is 3. The molecule has 13 heavy (non-hydrogen) atoms. The Balaban J connectivity index is 4.75. The van der Waals surface area contributed by atoms with Crippen LogP contribution in [0.2, 0.25) is 0 Å². The average molecular weight is 181 g/mol. The third-order valence-electron chi connectivity index (χ3n) is 1.67. The normalized spacial score (nSPS) is 12.6. The average Bonchev–Trinajstić information content (AvgIpc) is 2.13. The van der Waals surface area contributed by atoms with Gasteiger partial charge >= 0.3 is 0 Å². The standard InChI is InChI=1S/C7H11N5O/c8-2-5(11)1-7(3-9,4-10)6(12)13/h5H,1-2,8,11H2,(H2,12,13). The number of rotatable bonds is 4. The van der Waals surface area contributed by atoms with Gasteiger partial charge in [-0.05, 0) is 0 Å². The molecule has 0 rings (SSSR count). The molecule has 0 aromatic carbocycles. The highest BCUT2D eigenvalue weighted by Gasteiger charge is 2.38. The molecule has 0 saturated heterocycles. The molecule has 0 fully saturated rings. The molecule has 0 aromatic rings. The molecule has 0 heterocycles. The van der Waals surface area contributed by atoms with Crippen LogP contribution in [0.1, 0.15) is 6.42 Å². The molecule has 0 spiro atoms. The minimum atomic E-state index is -1.85. The van der Waals surface area contributed by atoms with Crippen LogP contribution in [0.25, 0.3) is 0 Å². The lowest BCUT2D eigenvalue weighted by Crippen LogP contribution is -2.42. The van der Waals surface area contributed by atoms with Crippen molar-refractivity contribution < 1.29 is 4.79 Å². The minimum Gasteiger partial charge on any atom is -0.367 e. The molecule has 0 aliphatic rings. The number of amides is 1. The summed E-state index contributed by atoms with van der Waals surface area (Å²) in [6, 6.07) is 2.54. The number of nitrogens with zero attached hydrogens (tertiary/aromatic N) is 2. The third kappa shape index (κ3) is 2.41. The van der Waals surface area contributed by atoms with Crippen LogP contribution in [0.3, 0.4) is 0 Å². The Labute approximate surface area is 75.9 Å². The zero-order valence-corrected chi connectivity index (χ0v) is 7.03. The predicted octanol–water partition coefficient (Wildman–Crippen LogP) is -1.82. The first-order valence-corrected chi connectivity index (χ1v) is 3.60. The van der Waals surface area contributed by atoms with Gasteiger partial charge in [0.15, 0.2) is 0 Å². The maximum atomic E-state index is 10.8. The molecule has 6 nitrogen and oxygen atoms in total. The van der Waals surface area contributed by atoms with Crippen molar-refractivity contribution in [1.82, 2.24) is 0 Å². The van der Waals surface area contributed by atoms with Gasteiger partial charge in [0.25, 0.3) is 5.91 Å². The molecule has 1 amide bonds. The van der Waals surface area contributed by atoms with Crippen LogP contribution in [-0.4, -0.2) is 18.5 Å². The molecular formula is C7H11N5O. The first-order chi connectivity index (χ1) is 6.02. The summed E-state index contributed by atoms with van der Waals surface area (Å²) in [5, 5.41) is 17.2. The molecule has 70 valence electrons. The summed E-state index contributed by atoms with van der Waals surface area (Å²) in [5.41, 5.74) is 13.7. The summed E-state index contributed by atoms with van der Waals surface area (Å²) in [6.07, 6.45) is -0.133. The van der Waals surface area contributed by atoms with E-state index in [0.29, 0.717) is 0 Å². The highest BCUT2D eigenvalue weighted by molar-refractivity contribution is 5.86. The maximum absolute atomic E-state index is 10.8. The van der Waals surface area contributed by atoms with Crippen LogP contribution in [0.15, 0.2) is 0 Å². The van der Waals surface area contributed by atoms with Gasteiger partial charge < -0.3 is 17.2 Å². The lowest BCUT2D eigenvalue weighted by molar-refractivity contribution is -0.123. The van der Waals surface area contributed by atoms with Crippen molar-refractivity contribution >= 4 is 5.91 Å². The van der Waals surface area contributed by atoms with Crippen LogP contribution < -0.4 is 17.2 Å². The first-order valence-electron chi connectivity index (χ1n) is 3.60. The van der Waals surface area contributed by atoms with Crippen molar-refractivity contribution in [2.24, 2.45) is 22.6 Å². The third-order valence-corrected chi connectivity index (χ3v) is 1.67. The number of carbonyl (C=O) groups excluding carboxylic acids is 1. The maximum Gasteiger partial charge on any atom is 0.252 e. The largest absolute Gasteiger partial charge is 0.367 e. The Hall–Kier alpha value is -1.63. The fourth-order valence-corrected chi connectivity index (χ4v) is 0.804. The first kappa shape index (κ1) is 11.4. The lowest BCUT2D eigenvalue weighted by atomic mass is 9.84. The van der Waals surface area contributed by atoms with E-state index in [2.05, 4.69) is 0 Å². The fourth-order valence-electron chi connectivity index (χ4n) is 0.804. The van der Waals surface area contributed by atoms with E-state index in [-0.39, 0.29) is 13.0 Å². The minimum absolute atomic E-state index is 0.0956. The van der Waals surface area contributed by atoms with Crippen molar-refractivity contribution in [1.29, 1.82) is 10.5 Å². The fraction of sp³-hybridized carbons (Fsp3) is 0.571.